The van der Waals surface area contributed by atoms with Gasteiger partial charge in [-0.3, -0.25) is 0 Å². The maximum absolute atomic E-state index is 13.4. The summed E-state index contributed by atoms with van der Waals surface area (Å²) in [7, 11) is 0. The first-order chi connectivity index (χ1) is 8.60. The molecule has 0 fully saturated rings. The standard InChI is InChI=1S/C11H8BrF2N3O/c12-6-1-3-7(4-2-6)18-11-9(14)5-8(13)10(16-11)17-15/h1-5H,15H2,(H,16,17). The number of anilines is 1. The van der Waals surface area contributed by atoms with Crippen molar-refractivity contribution in [3.8, 4) is 11.6 Å². The SMILES string of the molecule is NNc1nc(Oc2ccc(Br)cc2)c(F)cc1F. The van der Waals surface area contributed by atoms with Gasteiger partial charge in [0.25, 0.3) is 5.88 Å². The third-order valence-electron chi connectivity index (χ3n) is 2.06. The molecule has 0 saturated carbocycles. The third kappa shape index (κ3) is 2.74. The van der Waals surface area contributed by atoms with E-state index in [9.17, 15) is 8.78 Å². The van der Waals surface area contributed by atoms with Crippen LogP contribution in [0.1, 0.15) is 0 Å². The number of halogens is 3. The quantitative estimate of drug-likeness (QED) is 0.674. The molecule has 0 aliphatic rings. The molecule has 7 heteroatoms. The Bertz CT molecular complexity index is 563. The molecule has 94 valence electrons. The maximum Gasteiger partial charge on any atom is 0.258 e. The summed E-state index contributed by atoms with van der Waals surface area (Å²) in [5.41, 5.74) is 2.02. The van der Waals surface area contributed by atoms with Crippen LogP contribution in [0.2, 0.25) is 0 Å². The second-order valence-electron chi connectivity index (χ2n) is 3.31. The Hall–Kier alpha value is -1.73. The average molecular weight is 316 g/mol. The molecule has 3 N–H and O–H groups in total. The van der Waals surface area contributed by atoms with Gasteiger partial charge in [-0.15, -0.1) is 0 Å². The number of ether oxygens (including phenoxy) is 1. The molecule has 0 spiro atoms. The van der Waals surface area contributed by atoms with Gasteiger partial charge in [0.05, 0.1) is 0 Å². The zero-order valence-electron chi connectivity index (χ0n) is 8.95. The van der Waals surface area contributed by atoms with Crippen molar-refractivity contribution < 1.29 is 13.5 Å². The monoisotopic (exact) mass is 315 g/mol. The van der Waals surface area contributed by atoms with E-state index >= 15 is 0 Å². The van der Waals surface area contributed by atoms with Gasteiger partial charge in [0.15, 0.2) is 17.5 Å². The summed E-state index contributed by atoms with van der Waals surface area (Å²) >= 11 is 3.26. The summed E-state index contributed by atoms with van der Waals surface area (Å²) in [6, 6.07) is 7.32. The highest BCUT2D eigenvalue weighted by Gasteiger charge is 2.13. The number of nitrogens with two attached hydrogens (primary N) is 1. The zero-order valence-corrected chi connectivity index (χ0v) is 10.5. The molecular weight excluding hydrogens is 308 g/mol. The molecule has 0 saturated heterocycles. The minimum atomic E-state index is -0.908. The number of hydrazine groups is 1. The van der Waals surface area contributed by atoms with Gasteiger partial charge in [0.2, 0.25) is 0 Å². The first-order valence-corrected chi connectivity index (χ1v) is 5.65. The summed E-state index contributed by atoms with van der Waals surface area (Å²) in [4.78, 5) is 3.59. The Kier molecular flexibility index (Phi) is 3.73. The molecule has 4 nitrogen and oxygen atoms in total. The molecule has 2 rings (SSSR count). The van der Waals surface area contributed by atoms with Crippen molar-refractivity contribution in [3.05, 3.63) is 46.4 Å². The highest BCUT2D eigenvalue weighted by atomic mass is 79.9. The second kappa shape index (κ2) is 5.28. The van der Waals surface area contributed by atoms with Gasteiger partial charge in [-0.2, -0.15) is 4.98 Å². The minimum Gasteiger partial charge on any atom is -0.436 e. The molecule has 0 unspecified atom stereocenters. The van der Waals surface area contributed by atoms with E-state index in [1.54, 1.807) is 24.3 Å². The first-order valence-electron chi connectivity index (χ1n) is 4.86. The Morgan fingerprint density at radius 3 is 2.44 bits per heavy atom. The van der Waals surface area contributed by atoms with Crippen molar-refractivity contribution in [2.45, 2.75) is 0 Å². The van der Waals surface area contributed by atoms with Crippen LogP contribution >= 0.6 is 15.9 Å². The number of rotatable bonds is 3. The van der Waals surface area contributed by atoms with Gasteiger partial charge in [0.1, 0.15) is 5.75 Å². The van der Waals surface area contributed by atoms with Gasteiger partial charge in [0, 0.05) is 10.5 Å². The molecule has 1 heterocycles. The van der Waals surface area contributed by atoms with Crippen LogP contribution in [0.5, 0.6) is 11.6 Å². The van der Waals surface area contributed by atoms with Crippen molar-refractivity contribution in [1.82, 2.24) is 4.98 Å². The Morgan fingerprint density at radius 1 is 1.17 bits per heavy atom. The van der Waals surface area contributed by atoms with E-state index in [0.29, 0.717) is 11.8 Å². The van der Waals surface area contributed by atoms with Crippen LogP contribution in [0.3, 0.4) is 0 Å². The fourth-order valence-corrected chi connectivity index (χ4v) is 1.50. The predicted molar refractivity (Wildman–Crippen MR) is 66.2 cm³/mol. The smallest absolute Gasteiger partial charge is 0.258 e. The highest BCUT2D eigenvalue weighted by molar-refractivity contribution is 9.10. The molecule has 0 aliphatic carbocycles. The molecule has 0 atom stereocenters. The lowest BCUT2D eigenvalue weighted by Crippen LogP contribution is -2.11. The van der Waals surface area contributed by atoms with Crippen LogP contribution in [0.15, 0.2) is 34.8 Å². The van der Waals surface area contributed by atoms with Crippen LogP contribution in [0.4, 0.5) is 14.6 Å². The third-order valence-corrected chi connectivity index (χ3v) is 2.59. The lowest BCUT2D eigenvalue weighted by Gasteiger charge is -2.08. The lowest BCUT2D eigenvalue weighted by atomic mass is 10.3. The summed E-state index contributed by atoms with van der Waals surface area (Å²) in [6.07, 6.45) is 0. The van der Waals surface area contributed by atoms with Gasteiger partial charge < -0.3 is 10.2 Å². The van der Waals surface area contributed by atoms with Crippen molar-refractivity contribution in [2.75, 3.05) is 5.43 Å². The summed E-state index contributed by atoms with van der Waals surface area (Å²) in [5, 5.41) is 0. The highest BCUT2D eigenvalue weighted by Crippen LogP contribution is 2.26. The van der Waals surface area contributed by atoms with E-state index in [1.165, 1.54) is 0 Å². The zero-order chi connectivity index (χ0) is 13.1. The molecule has 1 aromatic heterocycles. The normalized spacial score (nSPS) is 10.2. The molecule has 2 aromatic rings. The number of hydrogen-bond donors (Lipinski definition) is 2. The van der Waals surface area contributed by atoms with Crippen LogP contribution in [0, 0.1) is 11.6 Å². The van der Waals surface area contributed by atoms with Gasteiger partial charge in [-0.25, -0.2) is 14.6 Å². The van der Waals surface area contributed by atoms with Crippen molar-refractivity contribution in [3.63, 3.8) is 0 Å². The van der Waals surface area contributed by atoms with Gasteiger partial charge in [-0.1, -0.05) is 15.9 Å². The molecular formula is C11H8BrF2N3O. The lowest BCUT2D eigenvalue weighted by molar-refractivity contribution is 0.418. The van der Waals surface area contributed by atoms with E-state index in [2.05, 4.69) is 20.9 Å². The molecule has 0 radical (unpaired) electrons. The van der Waals surface area contributed by atoms with E-state index in [-0.39, 0.29) is 11.7 Å². The number of nitrogens with one attached hydrogen (secondary N) is 1. The molecule has 18 heavy (non-hydrogen) atoms. The van der Waals surface area contributed by atoms with E-state index in [0.717, 1.165) is 4.47 Å². The number of nitrogen functional groups attached to an aromatic ring is 1. The summed E-state index contributed by atoms with van der Waals surface area (Å²) < 4.78 is 32.6. The summed E-state index contributed by atoms with van der Waals surface area (Å²) in [5.74, 6) is 2.98. The van der Waals surface area contributed by atoms with E-state index in [1.807, 2.05) is 5.43 Å². The maximum atomic E-state index is 13.4. The molecule has 0 bridgehead atoms. The Balaban J connectivity index is 2.31. The number of benzene rings is 1. The van der Waals surface area contributed by atoms with Gasteiger partial charge >= 0.3 is 0 Å². The first kappa shape index (κ1) is 12.7. The van der Waals surface area contributed by atoms with E-state index < -0.39 is 11.6 Å². The largest absolute Gasteiger partial charge is 0.436 e. The van der Waals surface area contributed by atoms with Crippen LogP contribution < -0.4 is 16.0 Å². The number of nitrogens with zero attached hydrogens (tertiary/aromatic N) is 1. The van der Waals surface area contributed by atoms with Crippen molar-refractivity contribution in [2.24, 2.45) is 5.84 Å². The van der Waals surface area contributed by atoms with Gasteiger partial charge in [-0.05, 0) is 24.3 Å². The number of aromatic nitrogens is 1. The van der Waals surface area contributed by atoms with Crippen LogP contribution in [0.25, 0.3) is 0 Å². The molecule has 1 aromatic carbocycles. The second-order valence-corrected chi connectivity index (χ2v) is 4.22. The van der Waals surface area contributed by atoms with Crippen LogP contribution in [-0.4, -0.2) is 4.98 Å². The Morgan fingerprint density at radius 2 is 1.83 bits per heavy atom. The topological polar surface area (TPSA) is 60.2 Å². The number of hydrogen-bond acceptors (Lipinski definition) is 4. The molecule has 0 aliphatic heterocycles. The van der Waals surface area contributed by atoms with Crippen molar-refractivity contribution >= 4 is 21.7 Å². The van der Waals surface area contributed by atoms with E-state index in [4.69, 9.17) is 10.6 Å². The number of pyridine rings is 1. The van der Waals surface area contributed by atoms with Crippen LogP contribution in [-0.2, 0) is 0 Å². The fourth-order valence-electron chi connectivity index (χ4n) is 1.24. The summed E-state index contributed by atoms with van der Waals surface area (Å²) in [6.45, 7) is 0. The van der Waals surface area contributed by atoms with Crippen molar-refractivity contribution in [1.29, 1.82) is 0 Å². The minimum absolute atomic E-state index is 0.288. The average Bonchev–Trinajstić information content (AvgIpc) is 2.35. The Labute approximate surface area is 110 Å². The fraction of sp³-hybridized carbons (Fsp3) is 0. The predicted octanol–water partition coefficient (Wildman–Crippen LogP) is 3.20. The molecule has 0 amide bonds.